The van der Waals surface area contributed by atoms with Crippen molar-refractivity contribution in [3.05, 3.63) is 41.2 Å². The molecule has 0 saturated heterocycles. The van der Waals surface area contributed by atoms with Gasteiger partial charge in [-0.15, -0.1) is 0 Å². The van der Waals surface area contributed by atoms with Crippen LogP contribution in [-0.2, 0) is 0 Å². The van der Waals surface area contributed by atoms with E-state index >= 15 is 0 Å². The highest BCUT2D eigenvalue weighted by atomic mass is 35.5. The van der Waals surface area contributed by atoms with Gasteiger partial charge in [-0.05, 0) is 18.6 Å². The van der Waals surface area contributed by atoms with Crippen LogP contribution in [0.3, 0.4) is 0 Å². The van der Waals surface area contributed by atoms with Crippen LogP contribution in [-0.4, -0.2) is 56.3 Å². The summed E-state index contributed by atoms with van der Waals surface area (Å²) < 4.78 is 6.95. The van der Waals surface area contributed by atoms with Crippen molar-refractivity contribution in [3.63, 3.8) is 0 Å². The lowest BCUT2D eigenvalue weighted by atomic mass is 10.2. The van der Waals surface area contributed by atoms with Crippen LogP contribution in [0.4, 0.5) is 0 Å². The number of rotatable bonds is 5. The van der Waals surface area contributed by atoms with Crippen LogP contribution >= 0.6 is 7.71 Å². The van der Waals surface area contributed by atoms with Crippen molar-refractivity contribution >= 4 is 13.8 Å². The van der Waals surface area contributed by atoms with E-state index in [1.807, 2.05) is 0 Å². The molecule has 5 heteroatoms. The third-order valence-corrected chi connectivity index (χ3v) is 7.39. The molecule has 0 atom stereocenters. The summed E-state index contributed by atoms with van der Waals surface area (Å²) >= 11 is 0. The first kappa shape index (κ1) is 19.6. The summed E-state index contributed by atoms with van der Waals surface area (Å²) in [6.45, 7) is 2.12. The van der Waals surface area contributed by atoms with E-state index in [1.54, 1.807) is 0 Å². The van der Waals surface area contributed by atoms with Crippen LogP contribution in [0.25, 0.3) is 6.08 Å². The Kier molecular flexibility index (Phi) is 7.93. The SMILES string of the molecule is Cc1ccc(/C=[13CH]/[P+](N(C)C)(N(C)C)N(C)C)cc1.[Cl-]. The molecule has 0 amide bonds. The topological polar surface area (TPSA) is 9.72 Å². The van der Waals surface area contributed by atoms with Crippen LogP contribution in [0.2, 0.25) is 0 Å². The van der Waals surface area contributed by atoms with E-state index in [-0.39, 0.29) is 12.4 Å². The number of hydrogen-bond acceptors (Lipinski definition) is 3. The summed E-state index contributed by atoms with van der Waals surface area (Å²) in [6.07, 6.45) is 2.23. The van der Waals surface area contributed by atoms with Crippen LogP contribution < -0.4 is 12.4 Å². The normalized spacial score (nSPS) is 12.5. The van der Waals surface area contributed by atoms with Crippen molar-refractivity contribution < 1.29 is 12.4 Å². The maximum atomic E-state index is 2.34. The van der Waals surface area contributed by atoms with Gasteiger partial charge in [0.15, 0.2) is 0 Å². The molecule has 1 rings (SSSR count). The summed E-state index contributed by atoms with van der Waals surface area (Å²) in [5, 5.41) is 0. The second kappa shape index (κ2) is 8.11. The molecule has 0 radical (unpaired) electrons. The molecule has 1 aromatic carbocycles. The van der Waals surface area contributed by atoms with Gasteiger partial charge in [-0.2, -0.15) is 14.0 Å². The zero-order chi connectivity index (χ0) is 14.6. The lowest BCUT2D eigenvalue weighted by Gasteiger charge is -2.37. The molecule has 0 aromatic heterocycles. The van der Waals surface area contributed by atoms with Gasteiger partial charge < -0.3 is 12.4 Å². The maximum Gasteiger partial charge on any atom is 0.253 e. The summed E-state index contributed by atoms with van der Waals surface area (Å²) in [6, 6.07) is 8.64. The zero-order valence-electron chi connectivity index (χ0n) is 13.6. The molecule has 0 aliphatic heterocycles. The van der Waals surface area contributed by atoms with Crippen molar-refractivity contribution in [1.82, 2.24) is 14.0 Å². The van der Waals surface area contributed by atoms with E-state index in [0.29, 0.717) is 0 Å². The van der Waals surface area contributed by atoms with Crippen molar-refractivity contribution in [2.75, 3.05) is 42.3 Å². The van der Waals surface area contributed by atoms with Gasteiger partial charge in [0.05, 0.1) is 0 Å². The molecule has 0 saturated carbocycles. The van der Waals surface area contributed by atoms with Crippen LogP contribution in [0.5, 0.6) is 0 Å². The largest absolute Gasteiger partial charge is 1.00 e. The van der Waals surface area contributed by atoms with Crippen LogP contribution in [0.15, 0.2) is 30.1 Å². The number of halogens is 1. The average Bonchev–Trinajstić information content (AvgIpc) is 2.30. The van der Waals surface area contributed by atoms with E-state index in [2.05, 4.69) is 99.4 Å². The standard InChI is InChI=1S/C15H27N3P.ClH/c1-14-8-10-15(11-9-14)12-13-19(16(2)3,17(4)5)18(6)7;/h8-13H,1-7H3;1H/q+1;/p-1/b13-12+;/i13+1;. The Balaban J connectivity index is 0.00000361. The minimum atomic E-state index is -1.57. The van der Waals surface area contributed by atoms with E-state index < -0.39 is 7.71 Å². The number of aryl methyl sites for hydroxylation is 1. The summed E-state index contributed by atoms with van der Waals surface area (Å²) in [7, 11) is 11.3. The minimum Gasteiger partial charge on any atom is -1.00 e. The van der Waals surface area contributed by atoms with Gasteiger partial charge in [-0.25, -0.2) is 0 Å². The molecule has 0 unspecified atom stereocenters. The smallest absolute Gasteiger partial charge is 0.253 e. The first-order chi connectivity index (χ1) is 8.80. The van der Waals surface area contributed by atoms with Crippen LogP contribution in [0, 0.1) is 6.92 Å². The summed E-state index contributed by atoms with van der Waals surface area (Å²) in [5.41, 5.74) is 2.55. The molecule has 0 heterocycles. The maximum absolute atomic E-state index is 2.34. The molecule has 1 aromatic rings. The Hall–Kier alpha value is -0.440. The van der Waals surface area contributed by atoms with Gasteiger partial charge in [0.25, 0.3) is 7.71 Å². The number of nitrogens with zero attached hydrogens (tertiary/aromatic N) is 3. The second-order valence-electron chi connectivity index (χ2n) is 5.38. The fourth-order valence-electron chi connectivity index (χ4n) is 2.34. The Morgan fingerprint density at radius 3 is 1.55 bits per heavy atom. The van der Waals surface area contributed by atoms with Gasteiger partial charge in [-0.1, -0.05) is 29.8 Å². The molecule has 20 heavy (non-hydrogen) atoms. The monoisotopic (exact) mass is 316 g/mol. The Morgan fingerprint density at radius 1 is 0.800 bits per heavy atom. The third kappa shape index (κ3) is 4.28. The average molecular weight is 317 g/mol. The van der Waals surface area contributed by atoms with E-state index in [0.717, 1.165) is 0 Å². The van der Waals surface area contributed by atoms with Gasteiger partial charge in [0.2, 0.25) is 0 Å². The first-order valence-corrected chi connectivity index (χ1v) is 8.20. The second-order valence-corrected chi connectivity index (χ2v) is 9.31. The molecular formula is C15H27ClN3P. The minimum absolute atomic E-state index is 0. The molecule has 0 aliphatic carbocycles. The molecule has 3 nitrogen and oxygen atoms in total. The van der Waals surface area contributed by atoms with Crippen molar-refractivity contribution in [2.24, 2.45) is 0 Å². The summed E-state index contributed by atoms with van der Waals surface area (Å²) in [4.78, 5) is 0. The fourth-order valence-corrected chi connectivity index (χ4v) is 5.66. The zero-order valence-corrected chi connectivity index (χ0v) is 15.3. The molecule has 0 aliphatic rings. The molecule has 0 fully saturated rings. The van der Waals surface area contributed by atoms with Gasteiger partial charge >= 0.3 is 0 Å². The molecule has 0 bridgehead atoms. The predicted octanol–water partition coefficient (Wildman–Crippen LogP) is 0.417. The van der Waals surface area contributed by atoms with Gasteiger partial charge in [-0.3, -0.25) is 0 Å². The van der Waals surface area contributed by atoms with Gasteiger partial charge in [0.1, 0.15) is 5.82 Å². The number of hydrogen-bond donors (Lipinski definition) is 0. The lowest BCUT2D eigenvalue weighted by Crippen LogP contribution is -3.00. The Labute approximate surface area is 131 Å². The summed E-state index contributed by atoms with van der Waals surface area (Å²) in [5.74, 6) is 2.34. The Morgan fingerprint density at radius 2 is 1.20 bits per heavy atom. The van der Waals surface area contributed by atoms with Crippen molar-refractivity contribution in [2.45, 2.75) is 6.92 Å². The van der Waals surface area contributed by atoms with E-state index in [4.69, 9.17) is 0 Å². The molecule has 0 spiro atoms. The molecule has 114 valence electrons. The van der Waals surface area contributed by atoms with Crippen LogP contribution in [0.1, 0.15) is 11.1 Å². The van der Waals surface area contributed by atoms with Crippen molar-refractivity contribution in [3.8, 4) is 0 Å². The first-order valence-electron chi connectivity index (χ1n) is 6.48. The van der Waals surface area contributed by atoms with Gasteiger partial charge in [0, 0.05) is 42.3 Å². The highest BCUT2D eigenvalue weighted by Crippen LogP contribution is 2.65. The lowest BCUT2D eigenvalue weighted by molar-refractivity contribution is -0.00000424. The molecule has 0 N–H and O–H groups in total. The fraction of sp³-hybridized carbons (Fsp3) is 0.467. The predicted molar refractivity (Wildman–Crippen MR) is 88.2 cm³/mol. The number of benzene rings is 1. The highest BCUT2D eigenvalue weighted by molar-refractivity contribution is 7.72. The third-order valence-electron chi connectivity index (χ3n) is 3.31. The molecular weight excluding hydrogens is 290 g/mol. The highest BCUT2D eigenvalue weighted by Gasteiger charge is 2.45. The van der Waals surface area contributed by atoms with E-state index in [1.165, 1.54) is 11.1 Å². The van der Waals surface area contributed by atoms with E-state index in [9.17, 15) is 0 Å². The Bertz CT molecular complexity index is 405. The quantitative estimate of drug-likeness (QED) is 0.576. The van der Waals surface area contributed by atoms with Crippen molar-refractivity contribution in [1.29, 1.82) is 0 Å².